The zero-order valence-corrected chi connectivity index (χ0v) is 15.5. The Morgan fingerprint density at radius 2 is 2.15 bits per heavy atom. The third kappa shape index (κ3) is 2.85. The lowest BCUT2D eigenvalue weighted by Crippen LogP contribution is -2.31. The monoisotopic (exact) mass is 356 g/mol. The third-order valence-electron chi connectivity index (χ3n) is 5.21. The topological polar surface area (TPSA) is 81.4 Å². The van der Waals surface area contributed by atoms with Crippen LogP contribution in [0.3, 0.4) is 0 Å². The molecule has 26 heavy (non-hydrogen) atoms. The first kappa shape index (κ1) is 17.0. The van der Waals surface area contributed by atoms with E-state index in [9.17, 15) is 4.79 Å². The van der Waals surface area contributed by atoms with Gasteiger partial charge in [-0.25, -0.2) is 4.98 Å². The van der Waals surface area contributed by atoms with E-state index >= 15 is 0 Å². The molecule has 2 aromatic rings. The molecule has 7 heteroatoms. The summed E-state index contributed by atoms with van der Waals surface area (Å²) in [5, 5.41) is 4.05. The van der Waals surface area contributed by atoms with E-state index < -0.39 is 0 Å². The van der Waals surface area contributed by atoms with Gasteiger partial charge >= 0.3 is 0 Å². The van der Waals surface area contributed by atoms with Gasteiger partial charge in [-0.3, -0.25) is 4.79 Å². The molecule has 1 atom stereocenters. The van der Waals surface area contributed by atoms with Crippen LogP contribution in [0, 0.1) is 0 Å². The molecular weight excluding hydrogens is 332 g/mol. The summed E-state index contributed by atoms with van der Waals surface area (Å²) in [7, 11) is 1.56. The Morgan fingerprint density at radius 1 is 1.31 bits per heavy atom. The summed E-state index contributed by atoms with van der Waals surface area (Å²) < 4.78 is 10.9. The maximum atomic E-state index is 13.3. The van der Waals surface area contributed by atoms with Crippen molar-refractivity contribution in [1.82, 2.24) is 20.0 Å². The van der Waals surface area contributed by atoms with Crippen molar-refractivity contribution in [1.29, 1.82) is 0 Å². The summed E-state index contributed by atoms with van der Waals surface area (Å²) in [6, 6.07) is 1.78. The average molecular weight is 356 g/mol. The summed E-state index contributed by atoms with van der Waals surface area (Å²) >= 11 is 0. The molecule has 1 aliphatic heterocycles. The van der Waals surface area contributed by atoms with Gasteiger partial charge in [-0.05, 0) is 43.7 Å². The SMILES string of the molecule is COc1nc2c(cc1C(=O)N1CCC[C@@H]1c1nc(C(C)C)no1)CCC2. The van der Waals surface area contributed by atoms with Gasteiger partial charge in [-0.15, -0.1) is 0 Å². The lowest BCUT2D eigenvalue weighted by molar-refractivity contribution is 0.0705. The number of nitrogens with zero attached hydrogens (tertiary/aromatic N) is 4. The first-order chi connectivity index (χ1) is 12.6. The second-order valence-corrected chi connectivity index (χ2v) is 7.31. The number of aromatic nitrogens is 3. The van der Waals surface area contributed by atoms with Crippen LogP contribution < -0.4 is 4.74 Å². The fourth-order valence-electron chi connectivity index (χ4n) is 3.80. The van der Waals surface area contributed by atoms with Gasteiger partial charge in [-0.1, -0.05) is 19.0 Å². The molecule has 4 rings (SSSR count). The van der Waals surface area contributed by atoms with Crippen LogP contribution >= 0.6 is 0 Å². The van der Waals surface area contributed by atoms with Crippen molar-refractivity contribution in [2.75, 3.05) is 13.7 Å². The highest BCUT2D eigenvalue weighted by Gasteiger charge is 2.36. The Labute approximate surface area is 152 Å². The Balaban J connectivity index is 1.64. The molecule has 1 saturated heterocycles. The normalized spacial score (nSPS) is 19.2. The number of methoxy groups -OCH3 is 1. The van der Waals surface area contributed by atoms with Crippen molar-refractivity contribution in [3.63, 3.8) is 0 Å². The van der Waals surface area contributed by atoms with Gasteiger partial charge in [0, 0.05) is 18.2 Å². The predicted octanol–water partition coefficient (Wildman–Crippen LogP) is 3.06. The maximum absolute atomic E-state index is 13.3. The number of ether oxygens (including phenoxy) is 1. The van der Waals surface area contributed by atoms with Crippen molar-refractivity contribution >= 4 is 5.91 Å². The number of hydrogen-bond acceptors (Lipinski definition) is 6. The smallest absolute Gasteiger partial charge is 0.260 e. The summed E-state index contributed by atoms with van der Waals surface area (Å²) in [4.78, 5) is 24.2. The summed E-state index contributed by atoms with van der Waals surface area (Å²) in [6.07, 6.45) is 4.74. The second kappa shape index (κ2) is 6.70. The third-order valence-corrected chi connectivity index (χ3v) is 5.21. The highest BCUT2D eigenvalue weighted by atomic mass is 16.5. The van der Waals surface area contributed by atoms with E-state index in [4.69, 9.17) is 9.26 Å². The van der Waals surface area contributed by atoms with Crippen molar-refractivity contribution in [2.45, 2.75) is 57.9 Å². The van der Waals surface area contributed by atoms with E-state index in [1.807, 2.05) is 24.8 Å². The van der Waals surface area contributed by atoms with Gasteiger partial charge < -0.3 is 14.2 Å². The van der Waals surface area contributed by atoms with Gasteiger partial charge in [0.25, 0.3) is 5.91 Å². The lowest BCUT2D eigenvalue weighted by atomic mass is 10.1. The first-order valence-corrected chi connectivity index (χ1v) is 9.29. The minimum atomic E-state index is -0.180. The Bertz CT molecular complexity index is 830. The zero-order chi connectivity index (χ0) is 18.3. The summed E-state index contributed by atoms with van der Waals surface area (Å²) in [6.45, 7) is 4.71. The second-order valence-electron chi connectivity index (χ2n) is 7.31. The van der Waals surface area contributed by atoms with Crippen LogP contribution in [-0.2, 0) is 12.8 Å². The Kier molecular flexibility index (Phi) is 4.38. The molecule has 0 unspecified atom stereocenters. The molecule has 0 spiro atoms. The minimum absolute atomic E-state index is 0.0733. The van der Waals surface area contributed by atoms with E-state index in [0.29, 0.717) is 29.7 Å². The number of carbonyl (C=O) groups is 1. The molecule has 0 saturated carbocycles. The molecular formula is C19H24N4O3. The molecule has 7 nitrogen and oxygen atoms in total. The van der Waals surface area contributed by atoms with Crippen LogP contribution in [-0.4, -0.2) is 39.6 Å². The molecule has 0 radical (unpaired) electrons. The number of carbonyl (C=O) groups excluding carboxylic acids is 1. The molecule has 0 bridgehead atoms. The number of fused-ring (bicyclic) bond motifs is 1. The fraction of sp³-hybridized carbons (Fsp3) is 0.579. The first-order valence-electron chi connectivity index (χ1n) is 9.29. The number of aryl methyl sites for hydroxylation is 2. The highest BCUT2D eigenvalue weighted by Crippen LogP contribution is 2.35. The van der Waals surface area contributed by atoms with Gasteiger partial charge in [0.2, 0.25) is 11.8 Å². The fourth-order valence-corrected chi connectivity index (χ4v) is 3.80. The molecule has 0 aromatic carbocycles. The molecule has 138 valence electrons. The standard InChI is InChI=1S/C19H24N4O3/c1-11(2)16-21-18(26-22-16)15-8-5-9-23(15)19(24)13-10-12-6-4-7-14(12)20-17(13)25-3/h10-11,15H,4-9H2,1-3H3/t15-/m1/s1. The molecule has 1 fully saturated rings. The van der Waals surface area contributed by atoms with Gasteiger partial charge in [0.05, 0.1) is 7.11 Å². The number of hydrogen-bond donors (Lipinski definition) is 0. The van der Waals surface area contributed by atoms with E-state index in [2.05, 4.69) is 15.1 Å². The summed E-state index contributed by atoms with van der Waals surface area (Å²) in [5.41, 5.74) is 2.74. The van der Waals surface area contributed by atoms with E-state index in [0.717, 1.165) is 43.4 Å². The number of pyridine rings is 1. The van der Waals surface area contributed by atoms with E-state index in [1.54, 1.807) is 7.11 Å². The molecule has 3 heterocycles. The Morgan fingerprint density at radius 3 is 2.88 bits per heavy atom. The average Bonchev–Trinajstić information content (AvgIpc) is 3.38. The largest absolute Gasteiger partial charge is 0.480 e. The molecule has 1 amide bonds. The molecule has 0 N–H and O–H groups in total. The number of likely N-dealkylation sites (tertiary alicyclic amines) is 1. The molecule has 2 aliphatic rings. The van der Waals surface area contributed by atoms with Crippen LogP contribution in [0.1, 0.15) is 78.4 Å². The lowest BCUT2D eigenvalue weighted by Gasteiger charge is -2.23. The summed E-state index contributed by atoms with van der Waals surface area (Å²) in [5.74, 6) is 1.73. The zero-order valence-electron chi connectivity index (χ0n) is 15.5. The van der Waals surface area contributed by atoms with Gasteiger partial charge in [0.1, 0.15) is 11.6 Å². The van der Waals surface area contributed by atoms with Gasteiger partial charge in [0.15, 0.2) is 5.82 Å². The Hall–Kier alpha value is -2.44. The van der Waals surface area contributed by atoms with E-state index in [1.165, 1.54) is 0 Å². The molecule has 1 aliphatic carbocycles. The number of amides is 1. The van der Waals surface area contributed by atoms with Crippen LogP contribution in [0.5, 0.6) is 5.88 Å². The van der Waals surface area contributed by atoms with Crippen LogP contribution in [0.2, 0.25) is 0 Å². The van der Waals surface area contributed by atoms with E-state index in [-0.39, 0.29) is 17.9 Å². The van der Waals surface area contributed by atoms with Crippen molar-refractivity contribution in [3.8, 4) is 5.88 Å². The van der Waals surface area contributed by atoms with Crippen molar-refractivity contribution in [3.05, 3.63) is 34.6 Å². The highest BCUT2D eigenvalue weighted by molar-refractivity contribution is 5.97. The van der Waals surface area contributed by atoms with Gasteiger partial charge in [-0.2, -0.15) is 4.98 Å². The predicted molar refractivity (Wildman–Crippen MR) is 94.2 cm³/mol. The van der Waals surface area contributed by atoms with Crippen LogP contribution in [0.25, 0.3) is 0 Å². The quantitative estimate of drug-likeness (QED) is 0.837. The van der Waals surface area contributed by atoms with Crippen molar-refractivity contribution in [2.24, 2.45) is 0 Å². The number of rotatable bonds is 4. The van der Waals surface area contributed by atoms with Crippen LogP contribution in [0.15, 0.2) is 10.6 Å². The minimum Gasteiger partial charge on any atom is -0.480 e. The molecule has 2 aromatic heterocycles. The van der Waals surface area contributed by atoms with Crippen molar-refractivity contribution < 1.29 is 14.1 Å². The van der Waals surface area contributed by atoms with Crippen LogP contribution in [0.4, 0.5) is 0 Å². The maximum Gasteiger partial charge on any atom is 0.260 e.